The topological polar surface area (TPSA) is 176 Å². The highest BCUT2D eigenvalue weighted by atomic mass is 35.5. The Balaban J connectivity index is 1.12. The molecule has 254 valence electrons. The molecule has 4 N–H and O–H groups in total. The number of nitrogens with zero attached hydrogens (tertiary/aromatic N) is 2. The number of carbonyl (C=O) groups excluding carboxylic acids is 2. The van der Waals surface area contributed by atoms with Crippen LogP contribution < -0.4 is 20.1 Å². The van der Waals surface area contributed by atoms with Crippen LogP contribution in [0.3, 0.4) is 0 Å². The van der Waals surface area contributed by atoms with E-state index in [0.29, 0.717) is 21.4 Å². The maximum Gasteiger partial charge on any atom is 0.261 e. The second kappa shape index (κ2) is 14.6. The van der Waals surface area contributed by atoms with Gasteiger partial charge in [0.2, 0.25) is 0 Å². The van der Waals surface area contributed by atoms with Crippen LogP contribution in [0.15, 0.2) is 118 Å². The number of hydrogen-bond donors (Lipinski definition) is 4. The molecule has 0 radical (unpaired) electrons. The number of anilines is 4. The van der Waals surface area contributed by atoms with E-state index in [-0.39, 0.29) is 42.6 Å². The summed E-state index contributed by atoms with van der Waals surface area (Å²) in [6.07, 6.45) is 0. The maximum absolute atomic E-state index is 13.2. The normalized spacial score (nSPS) is 11.5. The first-order valence-electron chi connectivity index (χ1n) is 14.2. The van der Waals surface area contributed by atoms with E-state index < -0.39 is 31.9 Å². The SMILES string of the molecule is O=C(Nc1nc(-c2csc(NC(=O)c3ccccc3NS(=O)(=O)c3ccc(Cl)cc3)n2)cs1)c1ccccc1NS(=O)(=O)c1ccc(Cl)cc1. The standard InChI is InChI=1S/C32H22Cl2N6O6S4/c33-19-9-13-21(14-10-19)49(43,44)39-25-7-3-1-5-23(25)29(41)37-31-35-27(17-47-31)28-18-48-32(36-28)38-30(42)24-6-2-4-8-26(24)40-50(45,46)22-15-11-20(34)12-16-22/h1-18,39-40H,(H,35,37,41)(H,36,38,42). The largest absolute Gasteiger partial charge is 0.298 e. The molecule has 18 heteroatoms. The fraction of sp³-hybridized carbons (Fsp3) is 0. The first kappa shape index (κ1) is 35.0. The number of aromatic nitrogens is 2. The van der Waals surface area contributed by atoms with Crippen molar-refractivity contribution >= 4 is 99.4 Å². The summed E-state index contributed by atoms with van der Waals surface area (Å²) in [6.45, 7) is 0. The molecular formula is C32H22Cl2N6O6S4. The van der Waals surface area contributed by atoms with Crippen LogP contribution in [0.4, 0.5) is 21.6 Å². The van der Waals surface area contributed by atoms with Crippen LogP contribution >= 0.6 is 45.9 Å². The van der Waals surface area contributed by atoms with Crippen LogP contribution in [0.25, 0.3) is 11.4 Å². The summed E-state index contributed by atoms with van der Waals surface area (Å²) in [7, 11) is -8.02. The Bertz CT molecular complexity index is 2260. The summed E-state index contributed by atoms with van der Waals surface area (Å²) in [6, 6.07) is 23.5. The van der Waals surface area contributed by atoms with Crippen LogP contribution in [-0.2, 0) is 20.0 Å². The third-order valence-electron chi connectivity index (χ3n) is 6.79. The van der Waals surface area contributed by atoms with E-state index in [9.17, 15) is 26.4 Å². The summed E-state index contributed by atoms with van der Waals surface area (Å²) in [4.78, 5) is 35.2. The second-order valence-corrected chi connectivity index (χ2v) is 16.1. The summed E-state index contributed by atoms with van der Waals surface area (Å²) < 4.78 is 56.6. The van der Waals surface area contributed by atoms with Gasteiger partial charge in [-0.05, 0) is 72.8 Å². The average molecular weight is 786 g/mol. The van der Waals surface area contributed by atoms with Crippen LogP contribution in [0.2, 0.25) is 10.0 Å². The minimum Gasteiger partial charge on any atom is -0.298 e. The minimum absolute atomic E-state index is 0.0246. The van der Waals surface area contributed by atoms with E-state index in [4.69, 9.17) is 23.2 Å². The molecule has 0 aliphatic carbocycles. The molecule has 0 unspecified atom stereocenters. The Morgan fingerprint density at radius 2 is 0.900 bits per heavy atom. The third kappa shape index (κ3) is 8.13. The highest BCUT2D eigenvalue weighted by Gasteiger charge is 2.22. The smallest absolute Gasteiger partial charge is 0.261 e. The van der Waals surface area contributed by atoms with Gasteiger partial charge in [-0.1, -0.05) is 47.5 Å². The van der Waals surface area contributed by atoms with Crippen LogP contribution in [0.1, 0.15) is 20.7 Å². The number of rotatable bonds is 11. The average Bonchev–Trinajstić information content (AvgIpc) is 3.75. The number of para-hydroxylation sites is 2. The lowest BCUT2D eigenvalue weighted by Crippen LogP contribution is -2.18. The highest BCUT2D eigenvalue weighted by molar-refractivity contribution is 7.93. The summed E-state index contributed by atoms with van der Waals surface area (Å²) in [5.74, 6) is -1.20. The Labute approximate surface area is 304 Å². The molecule has 0 bridgehead atoms. The fourth-order valence-corrected chi connectivity index (χ4v) is 8.21. The van der Waals surface area contributed by atoms with Gasteiger partial charge in [-0.2, -0.15) is 0 Å². The Hall–Kier alpha value is -4.84. The van der Waals surface area contributed by atoms with Crippen molar-refractivity contribution in [2.75, 3.05) is 20.1 Å². The van der Waals surface area contributed by atoms with Gasteiger partial charge in [-0.15, -0.1) is 22.7 Å². The van der Waals surface area contributed by atoms with E-state index in [0.717, 1.165) is 22.7 Å². The molecule has 0 atom stereocenters. The molecule has 0 fully saturated rings. The number of sulfonamides is 2. The third-order valence-corrected chi connectivity index (χ3v) is 11.6. The van der Waals surface area contributed by atoms with Crippen LogP contribution in [0, 0.1) is 0 Å². The number of hydrogen-bond acceptors (Lipinski definition) is 10. The Kier molecular flexibility index (Phi) is 10.2. The van der Waals surface area contributed by atoms with Gasteiger partial charge >= 0.3 is 0 Å². The van der Waals surface area contributed by atoms with Gasteiger partial charge in [0.15, 0.2) is 10.3 Å². The van der Waals surface area contributed by atoms with Crippen molar-refractivity contribution in [1.29, 1.82) is 0 Å². The quantitative estimate of drug-likeness (QED) is 0.103. The maximum atomic E-state index is 13.2. The fourth-order valence-electron chi connectivity index (χ4n) is 4.40. The second-order valence-electron chi connectivity index (χ2n) is 10.2. The summed E-state index contributed by atoms with van der Waals surface area (Å²) in [5.41, 5.74) is 1.09. The molecule has 6 aromatic rings. The molecule has 12 nitrogen and oxygen atoms in total. The monoisotopic (exact) mass is 784 g/mol. The molecule has 2 heterocycles. The molecule has 2 amide bonds. The van der Waals surface area contributed by atoms with Gasteiger partial charge in [0.1, 0.15) is 11.4 Å². The molecule has 0 aliphatic heterocycles. The van der Waals surface area contributed by atoms with E-state index in [2.05, 4.69) is 30.0 Å². The Morgan fingerprint density at radius 1 is 0.540 bits per heavy atom. The zero-order valence-electron chi connectivity index (χ0n) is 25.1. The number of amides is 2. The van der Waals surface area contributed by atoms with Crippen molar-refractivity contribution < 1.29 is 26.4 Å². The van der Waals surface area contributed by atoms with Crippen molar-refractivity contribution in [3.8, 4) is 11.4 Å². The molecular weight excluding hydrogens is 764 g/mol. The first-order chi connectivity index (χ1) is 23.9. The summed E-state index contributed by atoms with van der Waals surface area (Å²) in [5, 5.41) is 9.89. The van der Waals surface area contributed by atoms with Crippen molar-refractivity contribution in [3.05, 3.63) is 129 Å². The van der Waals surface area contributed by atoms with Crippen molar-refractivity contribution in [3.63, 3.8) is 0 Å². The van der Waals surface area contributed by atoms with Crippen molar-refractivity contribution in [1.82, 2.24) is 9.97 Å². The lowest BCUT2D eigenvalue weighted by atomic mass is 10.2. The molecule has 2 aromatic heterocycles. The van der Waals surface area contributed by atoms with Crippen molar-refractivity contribution in [2.45, 2.75) is 9.79 Å². The van der Waals surface area contributed by atoms with E-state index in [1.807, 2.05) is 0 Å². The van der Waals surface area contributed by atoms with Crippen LogP contribution in [-0.4, -0.2) is 38.6 Å². The predicted molar refractivity (Wildman–Crippen MR) is 197 cm³/mol. The first-order valence-corrected chi connectivity index (χ1v) is 19.6. The highest BCUT2D eigenvalue weighted by Crippen LogP contribution is 2.30. The lowest BCUT2D eigenvalue weighted by molar-refractivity contribution is 0.101. The number of thiazole rings is 2. The molecule has 0 saturated heterocycles. The predicted octanol–water partition coefficient (Wildman–Crippen LogP) is 7.68. The molecule has 6 rings (SSSR count). The van der Waals surface area contributed by atoms with E-state index >= 15 is 0 Å². The van der Waals surface area contributed by atoms with E-state index in [1.165, 1.54) is 72.8 Å². The Morgan fingerprint density at radius 3 is 1.28 bits per heavy atom. The molecule has 50 heavy (non-hydrogen) atoms. The van der Waals surface area contributed by atoms with E-state index in [1.54, 1.807) is 35.0 Å². The number of benzene rings is 4. The number of halogens is 2. The molecule has 4 aromatic carbocycles. The molecule has 0 saturated carbocycles. The molecule has 0 aliphatic rings. The van der Waals surface area contributed by atoms with Gasteiger partial charge in [0, 0.05) is 20.8 Å². The van der Waals surface area contributed by atoms with Gasteiger partial charge in [-0.3, -0.25) is 29.7 Å². The molecule has 0 spiro atoms. The van der Waals surface area contributed by atoms with Gasteiger partial charge < -0.3 is 0 Å². The van der Waals surface area contributed by atoms with Gasteiger partial charge in [0.25, 0.3) is 31.9 Å². The number of nitrogens with one attached hydrogen (secondary N) is 4. The zero-order chi connectivity index (χ0) is 35.5. The summed E-state index contributed by atoms with van der Waals surface area (Å²) >= 11 is 14.0. The van der Waals surface area contributed by atoms with Crippen molar-refractivity contribution in [2.24, 2.45) is 0 Å². The van der Waals surface area contributed by atoms with Crippen LogP contribution in [0.5, 0.6) is 0 Å². The minimum atomic E-state index is -4.01. The lowest BCUT2D eigenvalue weighted by Gasteiger charge is -2.12. The number of carbonyl (C=O) groups is 2. The zero-order valence-corrected chi connectivity index (χ0v) is 29.9. The van der Waals surface area contributed by atoms with Gasteiger partial charge in [-0.25, -0.2) is 26.8 Å². The van der Waals surface area contributed by atoms with Gasteiger partial charge in [0.05, 0.1) is 32.3 Å².